The Balaban J connectivity index is 1.32. The number of amides is 1. The van der Waals surface area contributed by atoms with Gasteiger partial charge in [0.25, 0.3) is 5.91 Å². The summed E-state index contributed by atoms with van der Waals surface area (Å²) in [6.07, 6.45) is 11.3. The molecule has 1 amide bonds. The van der Waals surface area contributed by atoms with Crippen LogP contribution in [0.25, 0.3) is 11.4 Å². The average Bonchev–Trinajstić information content (AvgIpc) is 3.06. The summed E-state index contributed by atoms with van der Waals surface area (Å²) in [5, 5.41) is 6.35. The summed E-state index contributed by atoms with van der Waals surface area (Å²) in [7, 11) is 5.76. The van der Waals surface area contributed by atoms with Gasteiger partial charge in [-0.3, -0.25) is 4.79 Å². The molecule has 1 saturated carbocycles. The summed E-state index contributed by atoms with van der Waals surface area (Å²) in [5.74, 6) is 2.68. The van der Waals surface area contributed by atoms with E-state index in [9.17, 15) is 4.79 Å². The Morgan fingerprint density at radius 1 is 0.978 bits per heavy atom. The zero-order valence-electron chi connectivity index (χ0n) is 26.7. The SMILES string of the molecule is COc1ccc(C2CCCCC2)cc1NC(=O)c1ccc(C)c(Oc2ncccc2-c2ncnc(NCCCCN(C)C)n2)c1. The molecule has 0 spiro atoms. The highest BCUT2D eigenvalue weighted by atomic mass is 16.5. The lowest BCUT2D eigenvalue weighted by atomic mass is 9.84. The van der Waals surface area contributed by atoms with Crippen molar-refractivity contribution in [3.8, 4) is 28.8 Å². The Hall–Kier alpha value is -4.57. The number of rotatable bonds is 13. The molecule has 0 aliphatic heterocycles. The Morgan fingerprint density at radius 2 is 1.82 bits per heavy atom. The molecule has 4 aromatic rings. The number of pyridine rings is 1. The van der Waals surface area contributed by atoms with E-state index < -0.39 is 0 Å². The van der Waals surface area contributed by atoms with Crippen LogP contribution in [0.2, 0.25) is 0 Å². The lowest BCUT2D eigenvalue weighted by molar-refractivity contribution is 0.102. The van der Waals surface area contributed by atoms with E-state index in [0.29, 0.717) is 51.9 Å². The normalized spacial score (nSPS) is 13.4. The molecule has 2 aromatic carbocycles. The van der Waals surface area contributed by atoms with Gasteiger partial charge in [-0.25, -0.2) is 15.0 Å². The van der Waals surface area contributed by atoms with Crippen molar-refractivity contribution in [2.75, 3.05) is 44.9 Å². The van der Waals surface area contributed by atoms with Crippen LogP contribution < -0.4 is 20.1 Å². The lowest BCUT2D eigenvalue weighted by Gasteiger charge is -2.23. The zero-order valence-corrected chi connectivity index (χ0v) is 26.7. The first-order valence-electron chi connectivity index (χ1n) is 15.7. The molecule has 45 heavy (non-hydrogen) atoms. The van der Waals surface area contributed by atoms with Gasteiger partial charge in [0.05, 0.1) is 18.4 Å². The monoisotopic (exact) mass is 609 g/mol. The van der Waals surface area contributed by atoms with Crippen LogP contribution in [-0.4, -0.2) is 65.0 Å². The van der Waals surface area contributed by atoms with Crippen molar-refractivity contribution in [1.82, 2.24) is 24.8 Å². The summed E-state index contributed by atoms with van der Waals surface area (Å²) in [6, 6.07) is 15.2. The fourth-order valence-corrected chi connectivity index (χ4v) is 5.57. The maximum atomic E-state index is 13.5. The fourth-order valence-electron chi connectivity index (χ4n) is 5.57. The van der Waals surface area contributed by atoms with Crippen LogP contribution in [0.3, 0.4) is 0 Å². The Kier molecular flexibility index (Phi) is 10.9. The second-order valence-electron chi connectivity index (χ2n) is 11.8. The van der Waals surface area contributed by atoms with E-state index in [1.807, 2.05) is 31.2 Å². The van der Waals surface area contributed by atoms with Crippen LogP contribution in [0.1, 0.15) is 72.3 Å². The van der Waals surface area contributed by atoms with Crippen LogP contribution in [0.5, 0.6) is 17.4 Å². The molecule has 2 heterocycles. The molecule has 2 N–H and O–H groups in total. The average molecular weight is 610 g/mol. The molecular formula is C35H43N7O3. The smallest absolute Gasteiger partial charge is 0.255 e. The standard InChI is InChI=1S/C35H43N7O3/c1-24-14-15-27(33(43)40-29-21-26(16-17-30(29)44-4)25-11-6-5-7-12-25)22-31(24)45-34-28(13-10-19-36-34)32-38-23-39-35(41-32)37-18-8-9-20-42(2)3/h10,13-17,19,21-23,25H,5-9,11-12,18,20H2,1-4H3,(H,40,43)(H,37,38,39,41). The van der Waals surface area contributed by atoms with Crippen molar-refractivity contribution < 1.29 is 14.3 Å². The van der Waals surface area contributed by atoms with Crippen molar-refractivity contribution in [1.29, 1.82) is 0 Å². The van der Waals surface area contributed by atoms with E-state index >= 15 is 0 Å². The van der Waals surface area contributed by atoms with Crippen LogP contribution in [0.4, 0.5) is 11.6 Å². The largest absolute Gasteiger partial charge is 0.495 e. The number of methoxy groups -OCH3 is 1. The predicted molar refractivity (Wildman–Crippen MR) is 177 cm³/mol. The fraction of sp³-hybridized carbons (Fsp3) is 0.400. The Labute approximate surface area is 265 Å². The second kappa shape index (κ2) is 15.4. The zero-order chi connectivity index (χ0) is 31.6. The first-order valence-corrected chi connectivity index (χ1v) is 15.7. The molecule has 1 aliphatic carbocycles. The van der Waals surface area contributed by atoms with Gasteiger partial charge in [0, 0.05) is 18.3 Å². The van der Waals surface area contributed by atoms with E-state index in [-0.39, 0.29) is 5.91 Å². The van der Waals surface area contributed by atoms with Gasteiger partial charge in [-0.1, -0.05) is 31.4 Å². The third-order valence-corrected chi connectivity index (χ3v) is 8.10. The quantitative estimate of drug-likeness (QED) is 0.153. The molecule has 236 valence electrons. The molecule has 10 nitrogen and oxygen atoms in total. The number of hydrogen-bond acceptors (Lipinski definition) is 9. The van der Waals surface area contributed by atoms with E-state index in [0.717, 1.165) is 31.5 Å². The molecule has 2 aromatic heterocycles. The number of unbranched alkanes of at least 4 members (excludes halogenated alkanes) is 1. The van der Waals surface area contributed by atoms with Crippen LogP contribution in [-0.2, 0) is 0 Å². The molecule has 1 fully saturated rings. The summed E-state index contributed by atoms with van der Waals surface area (Å²) in [4.78, 5) is 33.4. The summed E-state index contributed by atoms with van der Waals surface area (Å²) in [5.41, 5.74) is 3.84. The molecule has 1 aliphatic rings. The van der Waals surface area contributed by atoms with Gasteiger partial charge in [0.2, 0.25) is 11.8 Å². The molecular weight excluding hydrogens is 566 g/mol. The number of ether oxygens (including phenoxy) is 2. The number of nitrogens with zero attached hydrogens (tertiary/aromatic N) is 5. The van der Waals surface area contributed by atoms with Crippen molar-refractivity contribution >= 4 is 17.5 Å². The highest BCUT2D eigenvalue weighted by molar-refractivity contribution is 6.05. The van der Waals surface area contributed by atoms with Crippen molar-refractivity contribution in [3.05, 3.63) is 77.7 Å². The van der Waals surface area contributed by atoms with Crippen LogP contribution >= 0.6 is 0 Å². The highest BCUT2D eigenvalue weighted by Gasteiger charge is 2.19. The van der Waals surface area contributed by atoms with Crippen molar-refractivity contribution in [2.24, 2.45) is 0 Å². The minimum absolute atomic E-state index is 0.251. The van der Waals surface area contributed by atoms with E-state index in [4.69, 9.17) is 9.47 Å². The van der Waals surface area contributed by atoms with Crippen molar-refractivity contribution in [2.45, 2.75) is 57.8 Å². The third-order valence-electron chi connectivity index (χ3n) is 8.10. The number of benzene rings is 2. The second-order valence-corrected chi connectivity index (χ2v) is 11.8. The molecule has 0 unspecified atom stereocenters. The Bertz CT molecular complexity index is 1590. The molecule has 10 heteroatoms. The predicted octanol–water partition coefficient (Wildman–Crippen LogP) is 7.10. The minimum Gasteiger partial charge on any atom is -0.495 e. The third kappa shape index (κ3) is 8.54. The van der Waals surface area contributed by atoms with Gasteiger partial charge in [0.1, 0.15) is 17.8 Å². The maximum Gasteiger partial charge on any atom is 0.255 e. The number of carbonyl (C=O) groups excluding carboxylic acids is 1. The van der Waals surface area contributed by atoms with Gasteiger partial charge < -0.3 is 25.0 Å². The number of aryl methyl sites for hydroxylation is 1. The maximum absolute atomic E-state index is 13.5. The minimum atomic E-state index is -0.251. The van der Waals surface area contributed by atoms with Gasteiger partial charge in [-0.2, -0.15) is 4.98 Å². The van der Waals surface area contributed by atoms with Gasteiger partial charge in [0.15, 0.2) is 5.82 Å². The summed E-state index contributed by atoms with van der Waals surface area (Å²) >= 11 is 0. The summed E-state index contributed by atoms with van der Waals surface area (Å²) in [6.45, 7) is 3.72. The number of nitrogens with one attached hydrogen (secondary N) is 2. The first-order chi connectivity index (χ1) is 21.9. The molecule has 0 bridgehead atoms. The van der Waals surface area contributed by atoms with Gasteiger partial charge >= 0.3 is 0 Å². The molecule has 0 atom stereocenters. The number of hydrogen-bond donors (Lipinski definition) is 2. The topological polar surface area (TPSA) is 114 Å². The van der Waals surface area contributed by atoms with Crippen LogP contribution in [0, 0.1) is 6.92 Å². The van der Waals surface area contributed by atoms with E-state index in [1.54, 1.807) is 25.4 Å². The van der Waals surface area contributed by atoms with Crippen molar-refractivity contribution in [3.63, 3.8) is 0 Å². The van der Waals surface area contributed by atoms with E-state index in [2.05, 4.69) is 61.7 Å². The van der Waals surface area contributed by atoms with Gasteiger partial charge in [-0.05, 0) is 107 Å². The lowest BCUT2D eigenvalue weighted by Crippen LogP contribution is -2.14. The molecule has 0 saturated heterocycles. The first kappa shape index (κ1) is 31.8. The van der Waals surface area contributed by atoms with Gasteiger partial charge in [-0.15, -0.1) is 0 Å². The van der Waals surface area contributed by atoms with E-state index in [1.165, 1.54) is 44.0 Å². The number of aromatic nitrogens is 4. The highest BCUT2D eigenvalue weighted by Crippen LogP contribution is 2.37. The molecule has 0 radical (unpaired) electrons. The number of carbonyl (C=O) groups is 1. The van der Waals surface area contributed by atoms with Crippen LogP contribution in [0.15, 0.2) is 61.1 Å². The summed E-state index contributed by atoms with van der Waals surface area (Å²) < 4.78 is 11.9. The Morgan fingerprint density at radius 3 is 2.62 bits per heavy atom. The number of anilines is 2. The molecule has 5 rings (SSSR count).